The van der Waals surface area contributed by atoms with Gasteiger partial charge in [0.1, 0.15) is 12.3 Å². The molecule has 0 saturated carbocycles. The summed E-state index contributed by atoms with van der Waals surface area (Å²) in [5.41, 5.74) is 1.27. The standard InChI is InChI=1S/C14H22BNO3/c1-10-7-12(8-11(2)16-10)17-9-15-18-13(3,4)14(5,6)19-15/h7-8H,9H2,1-6H3. The average Bonchev–Trinajstić information content (AvgIpc) is 2.43. The molecule has 1 fully saturated rings. The highest BCUT2D eigenvalue weighted by Gasteiger charge is 2.51. The topological polar surface area (TPSA) is 40.6 Å². The van der Waals surface area contributed by atoms with Crippen LogP contribution in [0, 0.1) is 13.8 Å². The maximum absolute atomic E-state index is 5.88. The first-order valence-electron chi connectivity index (χ1n) is 6.63. The van der Waals surface area contributed by atoms with Crippen molar-refractivity contribution in [3.8, 4) is 5.75 Å². The van der Waals surface area contributed by atoms with Gasteiger partial charge in [0.15, 0.2) is 0 Å². The van der Waals surface area contributed by atoms with Crippen LogP contribution in [0.5, 0.6) is 5.75 Å². The largest absolute Gasteiger partial charge is 0.498 e. The second kappa shape index (κ2) is 4.80. The van der Waals surface area contributed by atoms with E-state index in [4.69, 9.17) is 14.0 Å². The number of aryl methyl sites for hydroxylation is 2. The van der Waals surface area contributed by atoms with Crippen LogP contribution in [0.1, 0.15) is 39.1 Å². The molecule has 2 rings (SSSR count). The summed E-state index contributed by atoms with van der Waals surface area (Å²) < 4.78 is 17.5. The van der Waals surface area contributed by atoms with E-state index >= 15 is 0 Å². The molecule has 0 radical (unpaired) electrons. The van der Waals surface area contributed by atoms with Gasteiger partial charge in [-0.2, -0.15) is 0 Å². The summed E-state index contributed by atoms with van der Waals surface area (Å²) in [7, 11) is -0.334. The van der Waals surface area contributed by atoms with Gasteiger partial charge in [0.25, 0.3) is 0 Å². The van der Waals surface area contributed by atoms with Gasteiger partial charge in [-0.25, -0.2) is 0 Å². The van der Waals surface area contributed by atoms with Crippen LogP contribution in [0.3, 0.4) is 0 Å². The molecule has 19 heavy (non-hydrogen) atoms. The molecule has 0 unspecified atom stereocenters. The van der Waals surface area contributed by atoms with Crippen LogP contribution in [0.4, 0.5) is 0 Å². The van der Waals surface area contributed by atoms with Gasteiger partial charge in [-0.15, -0.1) is 0 Å². The number of ether oxygens (including phenoxy) is 1. The van der Waals surface area contributed by atoms with Gasteiger partial charge >= 0.3 is 7.12 Å². The Balaban J connectivity index is 1.97. The molecule has 0 amide bonds. The lowest BCUT2D eigenvalue weighted by atomic mass is 9.90. The molecule has 1 aliphatic rings. The summed E-state index contributed by atoms with van der Waals surface area (Å²) in [6.45, 7) is 12.4. The Labute approximate surface area is 115 Å². The van der Waals surface area contributed by atoms with Crippen molar-refractivity contribution < 1.29 is 14.0 Å². The summed E-state index contributed by atoms with van der Waals surface area (Å²) in [6, 6.07) is 3.83. The Morgan fingerprint density at radius 1 is 1.05 bits per heavy atom. The molecular weight excluding hydrogens is 241 g/mol. The minimum atomic E-state index is -0.334. The number of pyridine rings is 1. The summed E-state index contributed by atoms with van der Waals surface area (Å²) in [4.78, 5) is 4.32. The molecule has 0 aliphatic carbocycles. The van der Waals surface area contributed by atoms with Crippen molar-refractivity contribution in [3.05, 3.63) is 23.5 Å². The Bertz CT molecular complexity index is 438. The first kappa shape index (κ1) is 14.3. The summed E-state index contributed by atoms with van der Waals surface area (Å²) in [5, 5.41) is 0. The predicted molar refractivity (Wildman–Crippen MR) is 75.3 cm³/mol. The summed E-state index contributed by atoms with van der Waals surface area (Å²) >= 11 is 0. The molecule has 1 aliphatic heterocycles. The molecule has 1 aromatic heterocycles. The van der Waals surface area contributed by atoms with Crippen LogP contribution >= 0.6 is 0 Å². The van der Waals surface area contributed by atoms with Crippen molar-refractivity contribution in [2.75, 3.05) is 6.51 Å². The number of aromatic nitrogens is 1. The van der Waals surface area contributed by atoms with Crippen LogP contribution in [0.25, 0.3) is 0 Å². The van der Waals surface area contributed by atoms with Crippen molar-refractivity contribution >= 4 is 7.12 Å². The fraction of sp³-hybridized carbons (Fsp3) is 0.643. The molecule has 0 aromatic carbocycles. The van der Waals surface area contributed by atoms with Crippen molar-refractivity contribution in [1.82, 2.24) is 4.98 Å². The van der Waals surface area contributed by atoms with E-state index in [2.05, 4.69) is 4.98 Å². The van der Waals surface area contributed by atoms with Crippen LogP contribution in [-0.2, 0) is 9.31 Å². The Morgan fingerprint density at radius 2 is 1.53 bits per heavy atom. The number of hydrogen-bond donors (Lipinski definition) is 0. The van der Waals surface area contributed by atoms with E-state index in [1.54, 1.807) is 0 Å². The zero-order chi connectivity index (χ0) is 14.3. The van der Waals surface area contributed by atoms with Crippen LogP contribution < -0.4 is 4.74 Å². The lowest BCUT2D eigenvalue weighted by molar-refractivity contribution is 0.00578. The number of hydrogen-bond acceptors (Lipinski definition) is 4. The molecule has 1 saturated heterocycles. The number of rotatable bonds is 3. The minimum absolute atomic E-state index is 0.314. The predicted octanol–water partition coefficient (Wildman–Crippen LogP) is 2.71. The third kappa shape index (κ3) is 3.10. The van der Waals surface area contributed by atoms with Crippen molar-refractivity contribution in [1.29, 1.82) is 0 Å². The first-order valence-corrected chi connectivity index (χ1v) is 6.63. The highest BCUT2D eigenvalue weighted by atomic mass is 16.7. The quantitative estimate of drug-likeness (QED) is 0.786. The Morgan fingerprint density at radius 3 is 2.00 bits per heavy atom. The second-order valence-electron chi connectivity index (χ2n) is 6.08. The number of nitrogens with zero attached hydrogens (tertiary/aromatic N) is 1. The smallest absolute Gasteiger partial charge is 0.496 e. The highest BCUT2D eigenvalue weighted by Crippen LogP contribution is 2.36. The van der Waals surface area contributed by atoms with E-state index in [0.29, 0.717) is 6.51 Å². The summed E-state index contributed by atoms with van der Waals surface area (Å²) in [5.74, 6) is 0.805. The lowest BCUT2D eigenvalue weighted by Gasteiger charge is -2.32. The van der Waals surface area contributed by atoms with Gasteiger partial charge in [0.05, 0.1) is 11.2 Å². The summed E-state index contributed by atoms with van der Waals surface area (Å²) in [6.07, 6.45) is 0. The highest BCUT2D eigenvalue weighted by molar-refractivity contribution is 6.45. The van der Waals surface area contributed by atoms with Crippen LogP contribution in [-0.4, -0.2) is 29.8 Å². The zero-order valence-electron chi connectivity index (χ0n) is 12.6. The van der Waals surface area contributed by atoms with Gasteiger partial charge < -0.3 is 14.0 Å². The van der Waals surface area contributed by atoms with Crippen LogP contribution in [0.2, 0.25) is 0 Å². The average molecular weight is 263 g/mol. The molecule has 0 bridgehead atoms. The van der Waals surface area contributed by atoms with Gasteiger partial charge in [0, 0.05) is 23.5 Å². The van der Waals surface area contributed by atoms with Gasteiger partial charge in [-0.3, -0.25) is 4.98 Å². The molecule has 2 heterocycles. The van der Waals surface area contributed by atoms with E-state index in [1.165, 1.54) is 0 Å². The second-order valence-corrected chi connectivity index (χ2v) is 6.08. The molecule has 104 valence electrons. The molecule has 0 spiro atoms. The maximum Gasteiger partial charge on any atom is 0.498 e. The zero-order valence-corrected chi connectivity index (χ0v) is 12.6. The molecule has 1 aromatic rings. The van der Waals surface area contributed by atoms with Gasteiger partial charge in [-0.1, -0.05) is 0 Å². The van der Waals surface area contributed by atoms with Gasteiger partial charge in [0.2, 0.25) is 0 Å². The SMILES string of the molecule is Cc1cc(OCB2OC(C)(C)C(C)(C)O2)cc(C)n1. The molecule has 5 heteroatoms. The Hall–Kier alpha value is -1.07. The van der Waals surface area contributed by atoms with Crippen molar-refractivity contribution in [2.24, 2.45) is 0 Å². The maximum atomic E-state index is 5.88. The fourth-order valence-electron chi connectivity index (χ4n) is 2.08. The van der Waals surface area contributed by atoms with E-state index in [0.717, 1.165) is 17.1 Å². The molecule has 0 N–H and O–H groups in total. The monoisotopic (exact) mass is 263 g/mol. The van der Waals surface area contributed by atoms with E-state index < -0.39 is 0 Å². The molecule has 0 atom stereocenters. The molecule has 4 nitrogen and oxygen atoms in total. The lowest BCUT2D eigenvalue weighted by Crippen LogP contribution is -2.41. The third-order valence-electron chi connectivity index (χ3n) is 3.74. The van der Waals surface area contributed by atoms with E-state index in [1.807, 2.05) is 53.7 Å². The fourth-order valence-corrected chi connectivity index (χ4v) is 2.08. The Kier molecular flexibility index (Phi) is 3.62. The van der Waals surface area contributed by atoms with E-state index in [9.17, 15) is 0 Å². The normalized spacial score (nSPS) is 20.6. The van der Waals surface area contributed by atoms with E-state index in [-0.39, 0.29) is 18.3 Å². The molecular formula is C14H22BNO3. The van der Waals surface area contributed by atoms with Crippen LogP contribution in [0.15, 0.2) is 12.1 Å². The van der Waals surface area contributed by atoms with Crippen molar-refractivity contribution in [3.63, 3.8) is 0 Å². The minimum Gasteiger partial charge on any atom is -0.496 e. The third-order valence-corrected chi connectivity index (χ3v) is 3.74. The van der Waals surface area contributed by atoms with Crippen molar-refractivity contribution in [2.45, 2.75) is 52.7 Å². The first-order chi connectivity index (χ1) is 8.69. The van der Waals surface area contributed by atoms with Gasteiger partial charge in [-0.05, 0) is 41.5 Å².